The zero-order valence-corrected chi connectivity index (χ0v) is 17.7. The minimum Gasteiger partial charge on any atom is -0.497 e. The SMILES string of the molecule is COc1ccc(CCNS(=O)(=O)c2cc(N3C(=O)CCCC3=O)ccc2OC)cc1. The van der Waals surface area contributed by atoms with Gasteiger partial charge in [0.25, 0.3) is 0 Å². The zero-order chi connectivity index (χ0) is 21.7. The van der Waals surface area contributed by atoms with E-state index in [0.29, 0.717) is 12.8 Å². The number of nitrogens with one attached hydrogen (secondary N) is 1. The van der Waals surface area contributed by atoms with E-state index in [9.17, 15) is 18.0 Å². The van der Waals surface area contributed by atoms with Gasteiger partial charge in [-0.05, 0) is 48.7 Å². The monoisotopic (exact) mass is 432 g/mol. The Labute approximate surface area is 175 Å². The molecule has 0 saturated carbocycles. The molecule has 3 rings (SSSR count). The Kier molecular flexibility index (Phi) is 6.73. The summed E-state index contributed by atoms with van der Waals surface area (Å²) in [5.74, 6) is 0.176. The van der Waals surface area contributed by atoms with Crippen LogP contribution in [0.25, 0.3) is 0 Å². The van der Waals surface area contributed by atoms with Gasteiger partial charge in [0.15, 0.2) is 0 Å². The van der Waals surface area contributed by atoms with Gasteiger partial charge in [0, 0.05) is 19.4 Å². The van der Waals surface area contributed by atoms with E-state index in [-0.39, 0.29) is 47.5 Å². The maximum Gasteiger partial charge on any atom is 0.244 e. The maximum atomic E-state index is 12.9. The molecule has 30 heavy (non-hydrogen) atoms. The number of hydrogen-bond donors (Lipinski definition) is 1. The number of sulfonamides is 1. The van der Waals surface area contributed by atoms with Crippen LogP contribution in [0.5, 0.6) is 11.5 Å². The first-order valence-electron chi connectivity index (χ1n) is 9.52. The molecule has 1 heterocycles. The minimum atomic E-state index is -3.93. The molecule has 0 aliphatic carbocycles. The van der Waals surface area contributed by atoms with Crippen LogP contribution in [-0.4, -0.2) is 41.0 Å². The first-order chi connectivity index (χ1) is 14.4. The molecule has 1 saturated heterocycles. The lowest BCUT2D eigenvalue weighted by atomic mass is 10.1. The number of hydrogen-bond acceptors (Lipinski definition) is 6. The molecule has 2 aromatic rings. The second-order valence-corrected chi connectivity index (χ2v) is 8.54. The van der Waals surface area contributed by atoms with Crippen LogP contribution >= 0.6 is 0 Å². The van der Waals surface area contributed by atoms with Crippen LogP contribution < -0.4 is 19.1 Å². The normalized spacial score (nSPS) is 14.7. The van der Waals surface area contributed by atoms with Crippen LogP contribution in [0.3, 0.4) is 0 Å². The lowest BCUT2D eigenvalue weighted by Gasteiger charge is -2.25. The third kappa shape index (κ3) is 4.80. The number of amides is 2. The van der Waals surface area contributed by atoms with E-state index in [1.54, 1.807) is 7.11 Å². The summed E-state index contributed by atoms with van der Waals surface area (Å²) >= 11 is 0. The van der Waals surface area contributed by atoms with E-state index >= 15 is 0 Å². The third-order valence-corrected chi connectivity index (χ3v) is 6.32. The molecule has 0 radical (unpaired) electrons. The molecule has 1 fully saturated rings. The number of carbonyl (C=O) groups excluding carboxylic acids is 2. The fourth-order valence-electron chi connectivity index (χ4n) is 3.26. The highest BCUT2D eigenvalue weighted by Crippen LogP contribution is 2.31. The van der Waals surface area contributed by atoms with Crippen LogP contribution in [0.4, 0.5) is 5.69 Å². The van der Waals surface area contributed by atoms with Crippen molar-refractivity contribution in [3.05, 3.63) is 48.0 Å². The van der Waals surface area contributed by atoms with Crippen molar-refractivity contribution in [1.29, 1.82) is 0 Å². The highest BCUT2D eigenvalue weighted by Gasteiger charge is 2.29. The molecule has 8 nitrogen and oxygen atoms in total. The summed E-state index contributed by atoms with van der Waals surface area (Å²) in [4.78, 5) is 25.3. The van der Waals surface area contributed by atoms with Crippen molar-refractivity contribution in [2.45, 2.75) is 30.6 Å². The average Bonchev–Trinajstić information content (AvgIpc) is 2.74. The summed E-state index contributed by atoms with van der Waals surface area (Å²) in [7, 11) is -0.988. The lowest BCUT2D eigenvalue weighted by molar-refractivity contribution is -0.129. The smallest absolute Gasteiger partial charge is 0.244 e. The number of imide groups is 1. The van der Waals surface area contributed by atoms with E-state index in [1.807, 2.05) is 24.3 Å². The number of anilines is 1. The van der Waals surface area contributed by atoms with Crippen molar-refractivity contribution in [3.63, 3.8) is 0 Å². The second kappa shape index (κ2) is 9.27. The number of piperidine rings is 1. The second-order valence-electron chi connectivity index (χ2n) is 6.81. The summed E-state index contributed by atoms with van der Waals surface area (Å²) in [5.41, 5.74) is 1.17. The van der Waals surface area contributed by atoms with Gasteiger partial charge in [0.1, 0.15) is 16.4 Å². The summed E-state index contributed by atoms with van der Waals surface area (Å²) in [6, 6.07) is 11.6. The molecule has 1 N–H and O–H groups in total. The van der Waals surface area contributed by atoms with E-state index in [4.69, 9.17) is 9.47 Å². The zero-order valence-electron chi connectivity index (χ0n) is 16.9. The Bertz CT molecular complexity index is 1020. The van der Waals surface area contributed by atoms with Crippen molar-refractivity contribution in [1.82, 2.24) is 4.72 Å². The predicted octanol–water partition coefficient (Wildman–Crippen LogP) is 2.27. The van der Waals surface area contributed by atoms with Crippen LogP contribution in [0.2, 0.25) is 0 Å². The molecular formula is C21H24N2O6S. The molecule has 0 aromatic heterocycles. The van der Waals surface area contributed by atoms with Crippen molar-refractivity contribution in [3.8, 4) is 11.5 Å². The van der Waals surface area contributed by atoms with Crippen LogP contribution in [0.15, 0.2) is 47.4 Å². The van der Waals surface area contributed by atoms with Crippen LogP contribution in [0, 0.1) is 0 Å². The molecule has 0 spiro atoms. The fraction of sp³-hybridized carbons (Fsp3) is 0.333. The van der Waals surface area contributed by atoms with Crippen molar-refractivity contribution in [2.75, 3.05) is 25.7 Å². The van der Waals surface area contributed by atoms with Crippen molar-refractivity contribution in [2.24, 2.45) is 0 Å². The average molecular weight is 432 g/mol. The van der Waals surface area contributed by atoms with Gasteiger partial charge in [0.05, 0.1) is 19.9 Å². The number of nitrogens with zero attached hydrogens (tertiary/aromatic N) is 1. The molecule has 1 aliphatic heterocycles. The standard InChI is InChI=1S/C21H24N2O6S/c1-28-17-9-6-15(7-10-17)12-13-22-30(26,27)19-14-16(8-11-18(19)29-2)23-20(24)4-3-5-21(23)25/h6-11,14,22H,3-5,12-13H2,1-2H3. The summed E-state index contributed by atoms with van der Waals surface area (Å²) in [6.07, 6.45) is 1.48. The summed E-state index contributed by atoms with van der Waals surface area (Å²) < 4.78 is 38.7. The molecule has 0 bridgehead atoms. The molecule has 2 amide bonds. The van der Waals surface area contributed by atoms with Gasteiger partial charge in [-0.3, -0.25) is 14.5 Å². The molecule has 160 valence electrons. The quantitative estimate of drug-likeness (QED) is 0.642. The van der Waals surface area contributed by atoms with E-state index in [0.717, 1.165) is 16.2 Å². The van der Waals surface area contributed by atoms with Gasteiger partial charge in [-0.1, -0.05) is 12.1 Å². The summed E-state index contributed by atoms with van der Waals surface area (Å²) in [6.45, 7) is 0.170. The topological polar surface area (TPSA) is 102 Å². The Hall–Kier alpha value is -2.91. The van der Waals surface area contributed by atoms with Crippen LogP contribution in [-0.2, 0) is 26.0 Å². The van der Waals surface area contributed by atoms with Gasteiger partial charge in [0.2, 0.25) is 21.8 Å². The van der Waals surface area contributed by atoms with Crippen molar-refractivity contribution < 1.29 is 27.5 Å². The van der Waals surface area contributed by atoms with Crippen molar-refractivity contribution >= 4 is 27.5 Å². The van der Waals surface area contributed by atoms with Gasteiger partial charge in [-0.15, -0.1) is 0 Å². The first-order valence-corrected chi connectivity index (χ1v) is 11.0. The largest absolute Gasteiger partial charge is 0.497 e. The fourth-order valence-corrected chi connectivity index (χ4v) is 4.47. The molecule has 9 heteroatoms. The van der Waals surface area contributed by atoms with E-state index in [1.165, 1.54) is 25.3 Å². The predicted molar refractivity (Wildman–Crippen MR) is 111 cm³/mol. The number of ether oxygens (including phenoxy) is 2. The van der Waals surface area contributed by atoms with E-state index in [2.05, 4.69) is 4.72 Å². The van der Waals surface area contributed by atoms with E-state index < -0.39 is 10.0 Å². The Morgan fingerprint density at radius 2 is 1.63 bits per heavy atom. The number of rotatable bonds is 8. The molecule has 0 atom stereocenters. The molecule has 0 unspecified atom stereocenters. The highest BCUT2D eigenvalue weighted by molar-refractivity contribution is 7.89. The Balaban J connectivity index is 1.79. The number of methoxy groups -OCH3 is 2. The highest BCUT2D eigenvalue weighted by atomic mass is 32.2. The molecule has 2 aromatic carbocycles. The van der Waals surface area contributed by atoms with Gasteiger partial charge in [-0.2, -0.15) is 0 Å². The van der Waals surface area contributed by atoms with Gasteiger partial charge in [-0.25, -0.2) is 13.1 Å². The van der Waals surface area contributed by atoms with Crippen LogP contribution in [0.1, 0.15) is 24.8 Å². The first kappa shape index (κ1) is 21.8. The van der Waals surface area contributed by atoms with Gasteiger partial charge >= 0.3 is 0 Å². The summed E-state index contributed by atoms with van der Waals surface area (Å²) in [5, 5.41) is 0. The Morgan fingerprint density at radius 3 is 2.23 bits per heavy atom. The number of benzene rings is 2. The molecular weight excluding hydrogens is 408 g/mol. The Morgan fingerprint density at radius 1 is 0.967 bits per heavy atom. The third-order valence-electron chi connectivity index (χ3n) is 4.84. The maximum absolute atomic E-state index is 12.9. The minimum absolute atomic E-state index is 0.122. The number of carbonyl (C=O) groups is 2. The molecule has 1 aliphatic rings. The lowest BCUT2D eigenvalue weighted by Crippen LogP contribution is -2.40. The van der Waals surface area contributed by atoms with Gasteiger partial charge < -0.3 is 9.47 Å².